The molecule has 1 N–H and O–H groups in total. The van der Waals surface area contributed by atoms with Crippen molar-refractivity contribution in [3.05, 3.63) is 106 Å². The normalized spacial score (nSPS) is 16.6. The first kappa shape index (κ1) is 19.0. The van der Waals surface area contributed by atoms with Gasteiger partial charge in [-0.3, -0.25) is 9.59 Å². The molecule has 0 spiro atoms. The molecule has 3 aromatic rings. The molecule has 4 rings (SSSR count). The summed E-state index contributed by atoms with van der Waals surface area (Å²) in [6.45, 7) is 1.97. The molecular weight excluding hydrogens is 390 g/mol. The Bertz CT molecular complexity index is 1100. The molecular formula is C23H18ClNO4. The Morgan fingerprint density at radius 1 is 1.07 bits per heavy atom. The Hall–Kier alpha value is -3.31. The van der Waals surface area contributed by atoms with E-state index >= 15 is 0 Å². The second-order valence-corrected chi connectivity index (χ2v) is 7.31. The summed E-state index contributed by atoms with van der Waals surface area (Å²) >= 11 is 6.02. The number of furan rings is 1. The molecule has 1 amide bonds. The lowest BCUT2D eigenvalue weighted by atomic mass is 9.95. The van der Waals surface area contributed by atoms with E-state index in [2.05, 4.69) is 0 Å². The van der Waals surface area contributed by atoms with E-state index in [-0.39, 0.29) is 17.9 Å². The highest BCUT2D eigenvalue weighted by molar-refractivity contribution is 6.30. The fraction of sp³-hybridized carbons (Fsp3) is 0.130. The second kappa shape index (κ2) is 7.60. The van der Waals surface area contributed by atoms with Gasteiger partial charge < -0.3 is 14.4 Å². The van der Waals surface area contributed by atoms with Gasteiger partial charge in [-0.1, -0.05) is 54.1 Å². The van der Waals surface area contributed by atoms with Crippen molar-refractivity contribution in [1.29, 1.82) is 0 Å². The second-order valence-electron chi connectivity index (χ2n) is 6.87. The highest BCUT2D eigenvalue weighted by Gasteiger charge is 2.44. The van der Waals surface area contributed by atoms with Crippen LogP contribution in [0.1, 0.15) is 33.5 Å². The van der Waals surface area contributed by atoms with Crippen molar-refractivity contribution in [2.75, 3.05) is 0 Å². The van der Waals surface area contributed by atoms with Crippen LogP contribution >= 0.6 is 11.6 Å². The lowest BCUT2D eigenvalue weighted by Crippen LogP contribution is -2.30. The van der Waals surface area contributed by atoms with Gasteiger partial charge in [-0.25, -0.2) is 0 Å². The SMILES string of the molecule is Cc1ccc(C(=O)C2=C(O)C(=O)N(Cc3ccccc3)C2c2ccc(Cl)cc2)o1. The van der Waals surface area contributed by atoms with Crippen LogP contribution in [0.25, 0.3) is 0 Å². The van der Waals surface area contributed by atoms with Gasteiger partial charge in [-0.15, -0.1) is 0 Å². The minimum Gasteiger partial charge on any atom is -0.503 e. The van der Waals surface area contributed by atoms with E-state index in [0.29, 0.717) is 16.3 Å². The Morgan fingerprint density at radius 3 is 2.38 bits per heavy atom. The molecule has 1 aliphatic rings. The molecule has 1 aliphatic heterocycles. The molecule has 29 heavy (non-hydrogen) atoms. The van der Waals surface area contributed by atoms with Crippen molar-refractivity contribution in [3.8, 4) is 0 Å². The third kappa shape index (κ3) is 3.57. The first-order valence-electron chi connectivity index (χ1n) is 9.10. The number of ketones is 1. The molecule has 1 unspecified atom stereocenters. The molecule has 1 atom stereocenters. The van der Waals surface area contributed by atoms with Gasteiger partial charge in [0.05, 0.1) is 11.6 Å². The Morgan fingerprint density at radius 2 is 1.76 bits per heavy atom. The zero-order valence-electron chi connectivity index (χ0n) is 15.6. The zero-order valence-corrected chi connectivity index (χ0v) is 16.4. The summed E-state index contributed by atoms with van der Waals surface area (Å²) in [5.74, 6) is -1.01. The number of carbonyl (C=O) groups is 2. The smallest absolute Gasteiger partial charge is 0.290 e. The van der Waals surface area contributed by atoms with E-state index in [0.717, 1.165) is 5.56 Å². The Labute approximate surface area is 172 Å². The minimum atomic E-state index is -0.752. The number of hydrogen-bond acceptors (Lipinski definition) is 4. The fourth-order valence-corrected chi connectivity index (χ4v) is 3.64. The summed E-state index contributed by atoms with van der Waals surface area (Å²) in [5.41, 5.74) is 1.56. The number of halogens is 1. The number of rotatable bonds is 5. The van der Waals surface area contributed by atoms with Gasteiger partial charge in [-0.05, 0) is 42.3 Å². The summed E-state index contributed by atoms with van der Waals surface area (Å²) in [5, 5.41) is 11.2. The summed E-state index contributed by atoms with van der Waals surface area (Å²) in [7, 11) is 0. The van der Waals surface area contributed by atoms with E-state index < -0.39 is 23.5 Å². The quantitative estimate of drug-likeness (QED) is 0.603. The van der Waals surface area contributed by atoms with E-state index in [9.17, 15) is 14.7 Å². The molecule has 1 aromatic heterocycles. The van der Waals surface area contributed by atoms with Crippen LogP contribution in [0.15, 0.2) is 82.5 Å². The van der Waals surface area contributed by atoms with Crippen molar-refractivity contribution in [2.24, 2.45) is 0 Å². The van der Waals surface area contributed by atoms with Gasteiger partial charge in [0, 0.05) is 11.6 Å². The van der Waals surface area contributed by atoms with Gasteiger partial charge >= 0.3 is 0 Å². The van der Waals surface area contributed by atoms with Crippen LogP contribution in [0.4, 0.5) is 0 Å². The average molecular weight is 408 g/mol. The molecule has 5 nitrogen and oxygen atoms in total. The molecule has 6 heteroatoms. The van der Waals surface area contributed by atoms with Crippen molar-refractivity contribution in [2.45, 2.75) is 19.5 Å². The third-order valence-corrected chi connectivity index (χ3v) is 5.15. The van der Waals surface area contributed by atoms with E-state index in [1.165, 1.54) is 4.90 Å². The van der Waals surface area contributed by atoms with Gasteiger partial charge in [-0.2, -0.15) is 0 Å². The van der Waals surface area contributed by atoms with Crippen molar-refractivity contribution in [3.63, 3.8) is 0 Å². The van der Waals surface area contributed by atoms with Crippen LogP contribution in [0, 0.1) is 6.92 Å². The number of aliphatic hydroxyl groups excluding tert-OH is 1. The lowest BCUT2D eigenvalue weighted by molar-refractivity contribution is -0.130. The Kier molecular flexibility index (Phi) is 4.99. The standard InChI is InChI=1S/C23H18ClNO4/c1-14-7-12-18(29-14)21(26)19-20(16-8-10-17(24)11-9-16)25(23(28)22(19)27)13-15-5-3-2-4-6-15/h2-12,20,27H,13H2,1H3. The fourth-order valence-electron chi connectivity index (χ4n) is 3.51. The average Bonchev–Trinajstić information content (AvgIpc) is 3.26. The monoisotopic (exact) mass is 407 g/mol. The maximum Gasteiger partial charge on any atom is 0.290 e. The molecule has 2 aromatic carbocycles. The van der Waals surface area contributed by atoms with Crippen molar-refractivity contribution in [1.82, 2.24) is 4.90 Å². The summed E-state index contributed by atoms with van der Waals surface area (Å²) in [6, 6.07) is 18.7. The van der Waals surface area contributed by atoms with Crippen LogP contribution in [-0.4, -0.2) is 21.7 Å². The molecule has 0 saturated heterocycles. The maximum absolute atomic E-state index is 13.1. The van der Waals surface area contributed by atoms with E-state index in [1.54, 1.807) is 43.3 Å². The highest BCUT2D eigenvalue weighted by Crippen LogP contribution is 2.40. The molecule has 0 fully saturated rings. The van der Waals surface area contributed by atoms with Crippen LogP contribution in [0.2, 0.25) is 5.02 Å². The Balaban J connectivity index is 1.79. The van der Waals surface area contributed by atoms with Crippen molar-refractivity contribution < 1.29 is 19.1 Å². The first-order valence-corrected chi connectivity index (χ1v) is 9.48. The predicted octanol–water partition coefficient (Wildman–Crippen LogP) is 5.02. The number of Topliss-reactive ketones (excluding diaryl/α,β-unsaturated/α-hetero) is 1. The van der Waals surface area contributed by atoms with Crippen LogP contribution in [-0.2, 0) is 11.3 Å². The van der Waals surface area contributed by atoms with Crippen LogP contribution < -0.4 is 0 Å². The lowest BCUT2D eigenvalue weighted by Gasteiger charge is -2.27. The molecule has 0 radical (unpaired) electrons. The van der Waals surface area contributed by atoms with Crippen LogP contribution in [0.3, 0.4) is 0 Å². The van der Waals surface area contributed by atoms with Gasteiger partial charge in [0.15, 0.2) is 11.5 Å². The summed E-state index contributed by atoms with van der Waals surface area (Å²) in [6.07, 6.45) is 0. The number of aryl methyl sites for hydroxylation is 1. The summed E-state index contributed by atoms with van der Waals surface area (Å²) in [4.78, 5) is 27.6. The third-order valence-electron chi connectivity index (χ3n) is 4.89. The minimum absolute atomic E-state index is 0.00241. The number of carbonyl (C=O) groups excluding carboxylic acids is 2. The number of amides is 1. The number of benzene rings is 2. The van der Waals surface area contributed by atoms with E-state index in [1.807, 2.05) is 30.3 Å². The molecule has 146 valence electrons. The zero-order chi connectivity index (χ0) is 20.5. The first-order chi connectivity index (χ1) is 14.0. The predicted molar refractivity (Wildman–Crippen MR) is 109 cm³/mol. The molecule has 0 aliphatic carbocycles. The van der Waals surface area contributed by atoms with Crippen LogP contribution in [0.5, 0.6) is 0 Å². The summed E-state index contributed by atoms with van der Waals surface area (Å²) < 4.78 is 5.45. The number of aliphatic hydroxyl groups is 1. The molecule has 0 saturated carbocycles. The highest BCUT2D eigenvalue weighted by atomic mass is 35.5. The van der Waals surface area contributed by atoms with Gasteiger partial charge in [0.1, 0.15) is 5.76 Å². The number of hydrogen-bond donors (Lipinski definition) is 1. The largest absolute Gasteiger partial charge is 0.503 e. The van der Waals surface area contributed by atoms with Gasteiger partial charge in [0.2, 0.25) is 5.78 Å². The maximum atomic E-state index is 13.1. The van der Waals surface area contributed by atoms with Crippen molar-refractivity contribution >= 4 is 23.3 Å². The topological polar surface area (TPSA) is 70.8 Å². The molecule has 0 bridgehead atoms. The van der Waals surface area contributed by atoms with Gasteiger partial charge in [0.25, 0.3) is 5.91 Å². The van der Waals surface area contributed by atoms with E-state index in [4.69, 9.17) is 16.0 Å². The number of nitrogens with zero attached hydrogens (tertiary/aromatic N) is 1. The molecule has 2 heterocycles.